The van der Waals surface area contributed by atoms with Crippen molar-refractivity contribution in [2.75, 3.05) is 18.8 Å². The summed E-state index contributed by atoms with van der Waals surface area (Å²) in [5, 5.41) is 9.11. The quantitative estimate of drug-likeness (QED) is 0.559. The molecule has 2 aromatic carbocycles. The molecule has 1 aromatic heterocycles. The Morgan fingerprint density at radius 1 is 1.10 bits per heavy atom. The summed E-state index contributed by atoms with van der Waals surface area (Å²) in [5.74, 6) is 0.288. The van der Waals surface area contributed by atoms with Crippen LogP contribution < -0.4 is 0 Å². The highest BCUT2D eigenvalue weighted by atomic mass is 32.2. The highest BCUT2D eigenvalue weighted by molar-refractivity contribution is 7.99. The number of hydrogen-bond acceptors (Lipinski definition) is 5. The summed E-state index contributed by atoms with van der Waals surface area (Å²) in [6.07, 6.45) is 0.0307. The molecule has 0 saturated carbocycles. The Morgan fingerprint density at radius 2 is 1.77 bits per heavy atom. The molecule has 1 fully saturated rings. The lowest BCUT2D eigenvalue weighted by Crippen LogP contribution is -2.48. The van der Waals surface area contributed by atoms with Gasteiger partial charge in [-0.05, 0) is 45.0 Å². The third-order valence-electron chi connectivity index (χ3n) is 5.14. The first-order chi connectivity index (χ1) is 14.9. The van der Waals surface area contributed by atoms with Crippen LogP contribution in [0.4, 0.5) is 4.39 Å². The van der Waals surface area contributed by atoms with Gasteiger partial charge in [-0.2, -0.15) is 0 Å². The number of benzene rings is 2. The second-order valence-corrected chi connectivity index (χ2v) is 8.74. The van der Waals surface area contributed by atoms with E-state index >= 15 is 0 Å². The highest BCUT2D eigenvalue weighted by Crippen LogP contribution is 2.30. The zero-order chi connectivity index (χ0) is 22.0. The maximum Gasteiger partial charge on any atom is 0.233 e. The van der Waals surface area contributed by atoms with Crippen molar-refractivity contribution in [3.05, 3.63) is 59.9 Å². The number of carbonyl (C=O) groups is 1. The van der Waals surface area contributed by atoms with Gasteiger partial charge in [0.2, 0.25) is 5.91 Å². The standard InChI is InChI=1S/C23H25FN4O2S/c1-15-8-10-18(11-9-15)28-22(19-6-4-5-7-20(19)24)25-26-23(28)31-14-21(29)27-12-16(2)30-17(3)13-27/h4-11,16-17H,12-14H2,1-3H3. The molecule has 31 heavy (non-hydrogen) atoms. The van der Waals surface area contributed by atoms with Crippen molar-refractivity contribution in [3.8, 4) is 17.1 Å². The molecule has 0 radical (unpaired) electrons. The SMILES string of the molecule is Cc1ccc(-n2c(SCC(=O)N3CC(C)OC(C)C3)nnc2-c2ccccc2F)cc1. The van der Waals surface area contributed by atoms with Gasteiger partial charge in [0.05, 0.1) is 23.5 Å². The number of hydrogen-bond donors (Lipinski definition) is 0. The van der Waals surface area contributed by atoms with E-state index in [2.05, 4.69) is 10.2 Å². The van der Waals surface area contributed by atoms with Crippen LogP contribution in [-0.2, 0) is 9.53 Å². The summed E-state index contributed by atoms with van der Waals surface area (Å²) >= 11 is 1.31. The van der Waals surface area contributed by atoms with E-state index in [4.69, 9.17) is 4.74 Å². The first kappa shape index (κ1) is 21.5. The van der Waals surface area contributed by atoms with Gasteiger partial charge in [0.25, 0.3) is 0 Å². The van der Waals surface area contributed by atoms with Crippen molar-refractivity contribution in [1.82, 2.24) is 19.7 Å². The zero-order valence-corrected chi connectivity index (χ0v) is 18.6. The fourth-order valence-corrected chi connectivity index (χ4v) is 4.56. The van der Waals surface area contributed by atoms with Crippen LogP contribution in [0.3, 0.4) is 0 Å². The molecule has 3 aromatic rings. The Labute approximate surface area is 185 Å². The van der Waals surface area contributed by atoms with E-state index in [1.54, 1.807) is 22.8 Å². The lowest BCUT2D eigenvalue weighted by atomic mass is 10.2. The molecule has 8 heteroatoms. The van der Waals surface area contributed by atoms with Gasteiger partial charge in [0.15, 0.2) is 11.0 Å². The molecule has 2 heterocycles. The molecule has 2 unspecified atom stereocenters. The molecule has 0 N–H and O–H groups in total. The van der Waals surface area contributed by atoms with Gasteiger partial charge in [0.1, 0.15) is 5.82 Å². The summed E-state index contributed by atoms with van der Waals surface area (Å²) in [7, 11) is 0. The number of aromatic nitrogens is 3. The number of thioether (sulfide) groups is 1. The molecule has 1 aliphatic rings. The highest BCUT2D eigenvalue weighted by Gasteiger charge is 2.27. The number of rotatable bonds is 5. The summed E-state index contributed by atoms with van der Waals surface area (Å²) < 4.78 is 22.0. The third-order valence-corrected chi connectivity index (χ3v) is 6.05. The Balaban J connectivity index is 1.62. The van der Waals surface area contributed by atoms with E-state index < -0.39 is 0 Å². The fourth-order valence-electron chi connectivity index (χ4n) is 3.71. The van der Waals surface area contributed by atoms with Gasteiger partial charge >= 0.3 is 0 Å². The second-order valence-electron chi connectivity index (χ2n) is 7.80. The Bertz CT molecular complexity index is 1060. The molecule has 1 aliphatic heterocycles. The average Bonchev–Trinajstić information content (AvgIpc) is 3.16. The number of ether oxygens (including phenoxy) is 1. The van der Waals surface area contributed by atoms with Gasteiger partial charge in [-0.25, -0.2) is 4.39 Å². The Morgan fingerprint density at radius 3 is 2.45 bits per heavy atom. The molecule has 1 saturated heterocycles. The predicted molar refractivity (Wildman–Crippen MR) is 119 cm³/mol. The predicted octanol–water partition coefficient (Wildman–Crippen LogP) is 4.11. The lowest BCUT2D eigenvalue weighted by molar-refractivity contribution is -0.140. The van der Waals surface area contributed by atoms with Crippen molar-refractivity contribution >= 4 is 17.7 Å². The second kappa shape index (κ2) is 9.20. The van der Waals surface area contributed by atoms with Crippen molar-refractivity contribution in [1.29, 1.82) is 0 Å². The summed E-state index contributed by atoms with van der Waals surface area (Å²) in [5.41, 5.74) is 2.30. The molecule has 0 bridgehead atoms. The van der Waals surface area contributed by atoms with Gasteiger partial charge in [-0.15, -0.1) is 10.2 Å². The van der Waals surface area contributed by atoms with Crippen molar-refractivity contribution in [2.45, 2.75) is 38.1 Å². The normalized spacial score (nSPS) is 18.9. The number of carbonyl (C=O) groups excluding carboxylic acids is 1. The largest absolute Gasteiger partial charge is 0.372 e. The smallest absolute Gasteiger partial charge is 0.233 e. The van der Waals surface area contributed by atoms with Crippen LogP contribution in [0, 0.1) is 12.7 Å². The molecule has 0 spiro atoms. The molecule has 4 rings (SSSR count). The monoisotopic (exact) mass is 440 g/mol. The number of halogens is 1. The molecule has 162 valence electrons. The van der Waals surface area contributed by atoms with E-state index in [1.165, 1.54) is 17.8 Å². The number of morpholine rings is 1. The molecular formula is C23H25FN4O2S. The Kier molecular flexibility index (Phi) is 6.38. The third kappa shape index (κ3) is 4.80. The van der Waals surface area contributed by atoms with Crippen LogP contribution in [0.5, 0.6) is 0 Å². The number of nitrogens with zero attached hydrogens (tertiary/aromatic N) is 4. The minimum absolute atomic E-state index is 0.0153. The van der Waals surface area contributed by atoms with Gasteiger partial charge in [-0.3, -0.25) is 9.36 Å². The van der Waals surface area contributed by atoms with Gasteiger partial charge in [0, 0.05) is 18.8 Å². The average molecular weight is 441 g/mol. The van der Waals surface area contributed by atoms with Crippen molar-refractivity contribution in [3.63, 3.8) is 0 Å². The topological polar surface area (TPSA) is 60.2 Å². The zero-order valence-electron chi connectivity index (χ0n) is 17.8. The summed E-state index contributed by atoms with van der Waals surface area (Å²) in [6.45, 7) is 7.10. The molecule has 1 amide bonds. The van der Waals surface area contributed by atoms with Crippen molar-refractivity contribution < 1.29 is 13.9 Å². The van der Waals surface area contributed by atoms with Crippen LogP contribution in [-0.4, -0.2) is 56.6 Å². The van der Waals surface area contributed by atoms with Crippen molar-refractivity contribution in [2.24, 2.45) is 0 Å². The molecule has 6 nitrogen and oxygen atoms in total. The molecular weight excluding hydrogens is 415 g/mol. The van der Waals surface area contributed by atoms with Crippen LogP contribution >= 0.6 is 11.8 Å². The van der Waals surface area contributed by atoms with Crippen LogP contribution in [0.2, 0.25) is 0 Å². The van der Waals surface area contributed by atoms with E-state index in [9.17, 15) is 9.18 Å². The number of aryl methyl sites for hydroxylation is 1. The summed E-state index contributed by atoms with van der Waals surface area (Å²) in [4.78, 5) is 14.6. The maximum absolute atomic E-state index is 14.5. The first-order valence-corrected chi connectivity index (χ1v) is 11.2. The van der Waals surface area contributed by atoms with E-state index in [0.717, 1.165) is 11.3 Å². The summed E-state index contributed by atoms with van der Waals surface area (Å²) in [6, 6.07) is 14.3. The number of amides is 1. The Hall–Kier alpha value is -2.71. The van der Waals surface area contributed by atoms with Gasteiger partial charge in [-0.1, -0.05) is 41.6 Å². The lowest BCUT2D eigenvalue weighted by Gasteiger charge is -2.35. The maximum atomic E-state index is 14.5. The van der Waals surface area contributed by atoms with E-state index in [0.29, 0.717) is 29.6 Å². The van der Waals surface area contributed by atoms with Crippen LogP contribution in [0.1, 0.15) is 19.4 Å². The minimum Gasteiger partial charge on any atom is -0.372 e. The van der Waals surface area contributed by atoms with Crippen LogP contribution in [0.25, 0.3) is 17.1 Å². The van der Waals surface area contributed by atoms with Gasteiger partial charge < -0.3 is 9.64 Å². The molecule has 0 aliphatic carbocycles. The molecule has 2 atom stereocenters. The minimum atomic E-state index is -0.368. The van der Waals surface area contributed by atoms with Crippen LogP contribution in [0.15, 0.2) is 53.7 Å². The fraction of sp³-hybridized carbons (Fsp3) is 0.348. The first-order valence-electron chi connectivity index (χ1n) is 10.3. The van der Waals surface area contributed by atoms with E-state index in [-0.39, 0.29) is 29.7 Å². The van der Waals surface area contributed by atoms with E-state index in [1.807, 2.05) is 49.9 Å².